The Morgan fingerprint density at radius 2 is 1.56 bits per heavy atom. The van der Waals surface area contributed by atoms with Crippen molar-refractivity contribution in [2.45, 2.75) is 34.6 Å². The van der Waals surface area contributed by atoms with E-state index >= 15 is 0 Å². The lowest BCUT2D eigenvalue weighted by Crippen LogP contribution is -2.38. The molecule has 0 atom stereocenters. The maximum absolute atomic E-state index is 12.3. The molecule has 2 amide bonds. The molecule has 0 aromatic heterocycles. The number of amides is 2. The van der Waals surface area contributed by atoms with Crippen LogP contribution in [0.3, 0.4) is 0 Å². The van der Waals surface area contributed by atoms with Gasteiger partial charge < -0.3 is 10.2 Å². The van der Waals surface area contributed by atoms with Crippen LogP contribution in [0.1, 0.15) is 39.5 Å². The van der Waals surface area contributed by atoms with Crippen molar-refractivity contribution in [3.8, 4) is 0 Å². The summed E-state index contributed by atoms with van der Waals surface area (Å²) in [5.41, 5.74) is 5.93. The second-order valence-corrected chi connectivity index (χ2v) is 6.47. The van der Waals surface area contributed by atoms with E-state index in [0.717, 1.165) is 27.9 Å². The van der Waals surface area contributed by atoms with Crippen molar-refractivity contribution in [2.24, 2.45) is 0 Å². The Hall–Kier alpha value is -2.62. The molecular formula is C21H26N2O2. The van der Waals surface area contributed by atoms with Gasteiger partial charge in [-0.3, -0.25) is 9.59 Å². The number of nitrogens with zero attached hydrogens (tertiary/aromatic N) is 1. The Labute approximate surface area is 149 Å². The smallest absolute Gasteiger partial charge is 0.251 e. The number of hydrogen-bond donors (Lipinski definition) is 1. The Morgan fingerprint density at radius 1 is 0.920 bits per heavy atom. The molecule has 0 aliphatic carbocycles. The van der Waals surface area contributed by atoms with Crippen LogP contribution in [-0.4, -0.2) is 24.9 Å². The van der Waals surface area contributed by atoms with Gasteiger partial charge in [0.1, 0.15) is 0 Å². The van der Waals surface area contributed by atoms with E-state index in [1.807, 2.05) is 64.1 Å². The molecular weight excluding hydrogens is 312 g/mol. The number of para-hydroxylation sites is 1. The minimum absolute atomic E-state index is 0.0298. The van der Waals surface area contributed by atoms with Crippen LogP contribution in [0.25, 0.3) is 0 Å². The number of benzene rings is 2. The minimum Gasteiger partial charge on any atom is -0.350 e. The zero-order valence-electron chi connectivity index (χ0n) is 15.6. The lowest BCUT2D eigenvalue weighted by atomic mass is 10.1. The third-order valence-electron chi connectivity index (χ3n) is 4.48. The van der Waals surface area contributed by atoms with E-state index in [1.165, 1.54) is 0 Å². The molecule has 0 heterocycles. The van der Waals surface area contributed by atoms with Crippen LogP contribution in [-0.2, 0) is 4.79 Å². The van der Waals surface area contributed by atoms with E-state index in [1.54, 1.807) is 11.8 Å². The number of rotatable bonds is 5. The number of aryl methyl sites for hydroxylation is 4. The third-order valence-corrected chi connectivity index (χ3v) is 4.48. The SMILES string of the molecule is CC(=O)N(CCNC(=O)c1ccc(C)c(C)c1)c1c(C)cccc1C. The average Bonchev–Trinajstić information content (AvgIpc) is 2.55. The highest BCUT2D eigenvalue weighted by atomic mass is 16.2. The average molecular weight is 338 g/mol. The van der Waals surface area contributed by atoms with Gasteiger partial charge in [0.2, 0.25) is 5.91 Å². The van der Waals surface area contributed by atoms with Gasteiger partial charge in [-0.2, -0.15) is 0 Å². The Kier molecular flexibility index (Phi) is 5.97. The van der Waals surface area contributed by atoms with Crippen molar-refractivity contribution in [1.29, 1.82) is 0 Å². The molecule has 0 bridgehead atoms. The van der Waals surface area contributed by atoms with Crippen LogP contribution in [0.4, 0.5) is 5.69 Å². The molecule has 0 saturated heterocycles. The molecule has 0 saturated carbocycles. The molecule has 2 aromatic carbocycles. The molecule has 132 valence electrons. The molecule has 1 N–H and O–H groups in total. The van der Waals surface area contributed by atoms with Crippen molar-refractivity contribution in [3.63, 3.8) is 0 Å². The van der Waals surface area contributed by atoms with Gasteiger partial charge in [0.15, 0.2) is 0 Å². The van der Waals surface area contributed by atoms with Crippen LogP contribution in [0.5, 0.6) is 0 Å². The van der Waals surface area contributed by atoms with Crippen LogP contribution in [0.2, 0.25) is 0 Å². The highest BCUT2D eigenvalue weighted by Crippen LogP contribution is 2.24. The van der Waals surface area contributed by atoms with Crippen LogP contribution >= 0.6 is 0 Å². The van der Waals surface area contributed by atoms with Gasteiger partial charge in [-0.05, 0) is 62.1 Å². The third kappa shape index (κ3) is 4.47. The maximum Gasteiger partial charge on any atom is 0.251 e. The molecule has 4 nitrogen and oxygen atoms in total. The van der Waals surface area contributed by atoms with Gasteiger partial charge in [0, 0.05) is 31.3 Å². The Balaban J connectivity index is 2.06. The number of hydrogen-bond acceptors (Lipinski definition) is 2. The summed E-state index contributed by atoms with van der Waals surface area (Å²) in [6.07, 6.45) is 0. The van der Waals surface area contributed by atoms with E-state index in [-0.39, 0.29) is 11.8 Å². The van der Waals surface area contributed by atoms with E-state index in [4.69, 9.17) is 0 Å². The molecule has 0 fully saturated rings. The van der Waals surface area contributed by atoms with Crippen LogP contribution in [0, 0.1) is 27.7 Å². The summed E-state index contributed by atoms with van der Waals surface area (Å²) in [6.45, 7) is 10.4. The van der Waals surface area contributed by atoms with Gasteiger partial charge >= 0.3 is 0 Å². The monoisotopic (exact) mass is 338 g/mol. The normalized spacial score (nSPS) is 10.4. The number of nitrogens with one attached hydrogen (secondary N) is 1. The molecule has 0 radical (unpaired) electrons. The molecule has 2 rings (SSSR count). The van der Waals surface area contributed by atoms with Crippen molar-refractivity contribution >= 4 is 17.5 Å². The molecule has 0 aliphatic rings. The largest absolute Gasteiger partial charge is 0.350 e. The first-order chi connectivity index (χ1) is 11.8. The topological polar surface area (TPSA) is 49.4 Å². The second-order valence-electron chi connectivity index (χ2n) is 6.47. The zero-order valence-corrected chi connectivity index (χ0v) is 15.6. The van der Waals surface area contributed by atoms with Gasteiger partial charge in [-0.1, -0.05) is 24.3 Å². The molecule has 0 spiro atoms. The zero-order chi connectivity index (χ0) is 18.6. The first kappa shape index (κ1) is 18.7. The lowest BCUT2D eigenvalue weighted by molar-refractivity contribution is -0.116. The molecule has 2 aromatic rings. The summed E-state index contributed by atoms with van der Waals surface area (Å²) < 4.78 is 0. The van der Waals surface area contributed by atoms with E-state index in [2.05, 4.69) is 5.32 Å². The van der Waals surface area contributed by atoms with E-state index < -0.39 is 0 Å². The Morgan fingerprint density at radius 3 is 2.12 bits per heavy atom. The number of carbonyl (C=O) groups excluding carboxylic acids is 2. The predicted molar refractivity (Wildman–Crippen MR) is 102 cm³/mol. The van der Waals surface area contributed by atoms with Crippen LogP contribution in [0.15, 0.2) is 36.4 Å². The summed E-state index contributed by atoms with van der Waals surface area (Å²) >= 11 is 0. The molecule has 25 heavy (non-hydrogen) atoms. The number of anilines is 1. The maximum atomic E-state index is 12.3. The number of carbonyl (C=O) groups is 2. The van der Waals surface area contributed by atoms with Gasteiger partial charge in [0.25, 0.3) is 5.91 Å². The van der Waals surface area contributed by atoms with E-state index in [0.29, 0.717) is 18.7 Å². The minimum atomic E-state index is -0.117. The predicted octanol–water partition coefficient (Wildman–Crippen LogP) is 3.70. The molecule has 4 heteroatoms. The van der Waals surface area contributed by atoms with Crippen molar-refractivity contribution < 1.29 is 9.59 Å². The van der Waals surface area contributed by atoms with Crippen molar-refractivity contribution in [2.75, 3.05) is 18.0 Å². The first-order valence-corrected chi connectivity index (χ1v) is 8.51. The first-order valence-electron chi connectivity index (χ1n) is 8.51. The summed E-state index contributed by atoms with van der Waals surface area (Å²) in [6, 6.07) is 11.6. The second kappa shape index (κ2) is 7.97. The lowest BCUT2D eigenvalue weighted by Gasteiger charge is -2.25. The fourth-order valence-corrected chi connectivity index (χ4v) is 2.92. The molecule has 0 aliphatic heterocycles. The summed E-state index contributed by atoms with van der Waals surface area (Å²) in [4.78, 5) is 26.1. The summed E-state index contributed by atoms with van der Waals surface area (Å²) in [5.74, 6) is -0.147. The standard InChI is InChI=1S/C21H26N2O2/c1-14-9-10-19(13-17(14)4)21(25)22-11-12-23(18(5)24)20-15(2)7-6-8-16(20)3/h6-10,13H,11-12H2,1-5H3,(H,22,25). The fraction of sp³-hybridized carbons (Fsp3) is 0.333. The Bertz CT molecular complexity index is 776. The highest BCUT2D eigenvalue weighted by Gasteiger charge is 2.16. The van der Waals surface area contributed by atoms with Crippen LogP contribution < -0.4 is 10.2 Å². The molecule has 0 unspecified atom stereocenters. The summed E-state index contributed by atoms with van der Waals surface area (Å²) in [7, 11) is 0. The van der Waals surface area contributed by atoms with Gasteiger partial charge in [-0.25, -0.2) is 0 Å². The van der Waals surface area contributed by atoms with Crippen molar-refractivity contribution in [3.05, 3.63) is 64.2 Å². The fourth-order valence-electron chi connectivity index (χ4n) is 2.92. The highest BCUT2D eigenvalue weighted by molar-refractivity contribution is 5.95. The van der Waals surface area contributed by atoms with Gasteiger partial charge in [0.05, 0.1) is 0 Å². The quantitative estimate of drug-likeness (QED) is 0.903. The van der Waals surface area contributed by atoms with Gasteiger partial charge in [-0.15, -0.1) is 0 Å². The van der Waals surface area contributed by atoms with Crippen molar-refractivity contribution in [1.82, 2.24) is 5.32 Å². The summed E-state index contributed by atoms with van der Waals surface area (Å²) in [5, 5.41) is 2.91. The van der Waals surface area contributed by atoms with E-state index in [9.17, 15) is 9.59 Å².